The van der Waals surface area contributed by atoms with Crippen LogP contribution in [0.3, 0.4) is 0 Å². The van der Waals surface area contributed by atoms with Gasteiger partial charge in [0.25, 0.3) is 0 Å². The van der Waals surface area contributed by atoms with Crippen molar-refractivity contribution in [1.29, 1.82) is 0 Å². The number of carbonyl (C=O) groups is 2. The average Bonchev–Trinajstić information content (AvgIpc) is 2.41. The summed E-state index contributed by atoms with van der Waals surface area (Å²) in [6, 6.07) is 4.10. The molecule has 0 aromatic heterocycles. The molecule has 114 valence electrons. The minimum atomic E-state index is -0.858. The minimum absolute atomic E-state index is 0.0641. The molecular weight excluding hydrogens is 277 g/mol. The summed E-state index contributed by atoms with van der Waals surface area (Å²) in [5.41, 5.74) is 0.567. The van der Waals surface area contributed by atoms with Crippen LogP contribution < -0.4 is 9.64 Å². The average molecular weight is 295 g/mol. The number of carboxylic acids is 1. The van der Waals surface area contributed by atoms with E-state index in [-0.39, 0.29) is 24.9 Å². The van der Waals surface area contributed by atoms with Crippen molar-refractivity contribution in [2.45, 2.75) is 38.7 Å². The van der Waals surface area contributed by atoms with E-state index in [2.05, 4.69) is 0 Å². The lowest BCUT2D eigenvalue weighted by atomic mass is 10.1. The first kappa shape index (κ1) is 15.3. The Kier molecular flexibility index (Phi) is 4.77. The van der Waals surface area contributed by atoms with Crippen molar-refractivity contribution in [2.24, 2.45) is 0 Å². The molecule has 1 aliphatic rings. The van der Waals surface area contributed by atoms with Gasteiger partial charge in [-0.2, -0.15) is 0 Å². The summed E-state index contributed by atoms with van der Waals surface area (Å²) in [5.74, 6) is -0.990. The van der Waals surface area contributed by atoms with Crippen molar-refractivity contribution >= 4 is 17.6 Å². The minimum Gasteiger partial charge on any atom is -0.487 e. The summed E-state index contributed by atoms with van der Waals surface area (Å²) in [5, 5.41) is 8.57. The molecule has 1 N–H and O–H groups in total. The second-order valence-electron chi connectivity index (χ2n) is 5.15. The number of carboxylic acid groups (broad SMARTS) is 1. The van der Waals surface area contributed by atoms with Gasteiger partial charge in [0.1, 0.15) is 17.7 Å². The van der Waals surface area contributed by atoms with Gasteiger partial charge in [0.2, 0.25) is 5.91 Å². The third-order valence-electron chi connectivity index (χ3n) is 3.31. The summed E-state index contributed by atoms with van der Waals surface area (Å²) in [7, 11) is 0. The maximum Gasteiger partial charge on any atom is 0.303 e. The highest BCUT2D eigenvalue weighted by atomic mass is 19.1. The van der Waals surface area contributed by atoms with Gasteiger partial charge < -0.3 is 14.7 Å². The Labute approximate surface area is 122 Å². The predicted octanol–water partition coefficient (Wildman–Crippen LogP) is 2.58. The first-order valence-electron chi connectivity index (χ1n) is 6.95. The normalized spacial score (nSPS) is 17.0. The number of aliphatic carboxylic acids is 1. The van der Waals surface area contributed by atoms with Gasteiger partial charge in [-0.05, 0) is 31.9 Å². The summed E-state index contributed by atoms with van der Waals surface area (Å²) in [6.07, 6.45) is 1.12. The number of amides is 1. The largest absolute Gasteiger partial charge is 0.487 e. The van der Waals surface area contributed by atoms with Gasteiger partial charge in [-0.3, -0.25) is 9.59 Å². The van der Waals surface area contributed by atoms with Crippen LogP contribution in [-0.4, -0.2) is 29.6 Å². The SMILES string of the molecule is CC1CN(C(=O)CCCCC(=O)O)c2ccc(F)cc2O1. The van der Waals surface area contributed by atoms with Gasteiger partial charge in [0, 0.05) is 18.9 Å². The molecule has 1 heterocycles. The van der Waals surface area contributed by atoms with Crippen molar-refractivity contribution in [3.05, 3.63) is 24.0 Å². The van der Waals surface area contributed by atoms with Crippen LogP contribution in [0.15, 0.2) is 18.2 Å². The van der Waals surface area contributed by atoms with E-state index in [9.17, 15) is 14.0 Å². The van der Waals surface area contributed by atoms with Crippen LogP contribution in [0.25, 0.3) is 0 Å². The van der Waals surface area contributed by atoms with Gasteiger partial charge in [0.15, 0.2) is 0 Å². The molecule has 0 fully saturated rings. The number of ether oxygens (including phenoxy) is 1. The first-order chi connectivity index (χ1) is 9.97. The highest BCUT2D eigenvalue weighted by Gasteiger charge is 2.27. The van der Waals surface area contributed by atoms with Crippen LogP contribution in [0, 0.1) is 5.82 Å². The molecule has 2 rings (SSSR count). The number of fused-ring (bicyclic) bond motifs is 1. The van der Waals surface area contributed by atoms with Crippen LogP contribution in [0.5, 0.6) is 5.75 Å². The monoisotopic (exact) mass is 295 g/mol. The molecule has 1 aliphatic heterocycles. The lowest BCUT2D eigenvalue weighted by Crippen LogP contribution is -2.42. The van der Waals surface area contributed by atoms with Crippen LogP contribution in [0.4, 0.5) is 10.1 Å². The summed E-state index contributed by atoms with van der Waals surface area (Å²) >= 11 is 0. The maximum absolute atomic E-state index is 13.2. The lowest BCUT2D eigenvalue weighted by Gasteiger charge is -2.33. The van der Waals surface area contributed by atoms with Crippen molar-refractivity contribution in [2.75, 3.05) is 11.4 Å². The van der Waals surface area contributed by atoms with Gasteiger partial charge in [-0.15, -0.1) is 0 Å². The van der Waals surface area contributed by atoms with E-state index in [4.69, 9.17) is 9.84 Å². The summed E-state index contributed by atoms with van der Waals surface area (Å²) < 4.78 is 18.8. The second-order valence-corrected chi connectivity index (χ2v) is 5.15. The van der Waals surface area contributed by atoms with Gasteiger partial charge in [-0.1, -0.05) is 0 Å². The molecule has 0 spiro atoms. The zero-order valence-corrected chi connectivity index (χ0v) is 11.8. The number of hydrogen-bond donors (Lipinski definition) is 1. The number of unbranched alkanes of at least 4 members (excludes halogenated alkanes) is 1. The van der Waals surface area contributed by atoms with Crippen molar-refractivity contribution < 1.29 is 23.8 Å². The fourth-order valence-corrected chi connectivity index (χ4v) is 2.34. The molecule has 1 atom stereocenters. The molecule has 0 saturated heterocycles. The van der Waals surface area contributed by atoms with E-state index in [1.54, 1.807) is 4.90 Å². The fourth-order valence-electron chi connectivity index (χ4n) is 2.34. The van der Waals surface area contributed by atoms with E-state index in [1.807, 2.05) is 6.92 Å². The maximum atomic E-state index is 13.2. The van der Waals surface area contributed by atoms with E-state index < -0.39 is 11.8 Å². The first-order valence-corrected chi connectivity index (χ1v) is 6.95. The molecule has 5 nitrogen and oxygen atoms in total. The molecule has 0 aliphatic carbocycles. The smallest absolute Gasteiger partial charge is 0.303 e. The number of carbonyl (C=O) groups excluding carboxylic acids is 1. The standard InChI is InChI=1S/C15H18FNO4/c1-10-9-17(14(18)4-2-3-5-15(19)20)12-7-6-11(16)8-13(12)21-10/h6-8,10H,2-5,9H2,1H3,(H,19,20). The Morgan fingerprint density at radius 2 is 2.10 bits per heavy atom. The fraction of sp³-hybridized carbons (Fsp3) is 0.467. The Morgan fingerprint density at radius 3 is 2.81 bits per heavy atom. The zero-order valence-electron chi connectivity index (χ0n) is 11.8. The highest BCUT2D eigenvalue weighted by molar-refractivity contribution is 5.95. The lowest BCUT2D eigenvalue weighted by molar-refractivity contribution is -0.137. The van der Waals surface area contributed by atoms with Gasteiger partial charge in [-0.25, -0.2) is 4.39 Å². The molecule has 6 heteroatoms. The molecule has 0 bridgehead atoms. The van der Waals surface area contributed by atoms with Crippen LogP contribution in [0.1, 0.15) is 32.6 Å². The van der Waals surface area contributed by atoms with Gasteiger partial charge in [0.05, 0.1) is 12.2 Å². The molecule has 0 radical (unpaired) electrons. The topological polar surface area (TPSA) is 66.8 Å². The van der Waals surface area contributed by atoms with Gasteiger partial charge >= 0.3 is 5.97 Å². The quantitative estimate of drug-likeness (QED) is 0.848. The molecule has 1 unspecified atom stereocenters. The third-order valence-corrected chi connectivity index (χ3v) is 3.31. The molecule has 1 aromatic carbocycles. The number of anilines is 1. The number of rotatable bonds is 5. The van der Waals surface area contributed by atoms with E-state index in [1.165, 1.54) is 18.2 Å². The van der Waals surface area contributed by atoms with Crippen LogP contribution in [-0.2, 0) is 9.59 Å². The Morgan fingerprint density at radius 1 is 1.38 bits per heavy atom. The number of benzene rings is 1. The van der Waals surface area contributed by atoms with E-state index in [0.717, 1.165) is 0 Å². The van der Waals surface area contributed by atoms with Crippen LogP contribution in [0.2, 0.25) is 0 Å². The molecular formula is C15H18FNO4. The van der Waals surface area contributed by atoms with Crippen molar-refractivity contribution in [3.8, 4) is 5.75 Å². The third kappa shape index (κ3) is 3.93. The highest BCUT2D eigenvalue weighted by Crippen LogP contribution is 2.34. The predicted molar refractivity (Wildman–Crippen MR) is 74.9 cm³/mol. The molecule has 1 amide bonds. The van der Waals surface area contributed by atoms with E-state index >= 15 is 0 Å². The molecule has 1 aromatic rings. The molecule has 0 saturated carbocycles. The van der Waals surface area contributed by atoms with Crippen LogP contribution >= 0.6 is 0 Å². The Bertz CT molecular complexity index is 546. The Hall–Kier alpha value is -2.11. The number of nitrogens with zero attached hydrogens (tertiary/aromatic N) is 1. The summed E-state index contributed by atoms with van der Waals surface area (Å²) in [6.45, 7) is 2.23. The Balaban J connectivity index is 2.03. The molecule has 21 heavy (non-hydrogen) atoms. The number of halogens is 1. The second kappa shape index (κ2) is 6.56. The van der Waals surface area contributed by atoms with E-state index in [0.29, 0.717) is 30.8 Å². The zero-order chi connectivity index (χ0) is 15.4. The summed E-state index contributed by atoms with van der Waals surface area (Å²) in [4.78, 5) is 24.3. The van der Waals surface area contributed by atoms with Crippen molar-refractivity contribution in [3.63, 3.8) is 0 Å². The number of hydrogen-bond acceptors (Lipinski definition) is 3. The van der Waals surface area contributed by atoms with Crippen molar-refractivity contribution in [1.82, 2.24) is 0 Å².